The van der Waals surface area contributed by atoms with E-state index in [2.05, 4.69) is 20.5 Å². The molecular formula is C8H12N4O3. The standard InChI is InChI=1S/C8H12N4O3/c13-7-6(11-12-8(14)10-7)9-4-5-2-1-3-15-5/h5H,1-4H2,(H,9,11)(H2,10,12,13,14). The van der Waals surface area contributed by atoms with Gasteiger partial charge in [-0.25, -0.2) is 9.89 Å². The van der Waals surface area contributed by atoms with Gasteiger partial charge in [0.2, 0.25) is 5.82 Å². The molecule has 0 spiro atoms. The summed E-state index contributed by atoms with van der Waals surface area (Å²) in [6.45, 7) is 1.30. The summed E-state index contributed by atoms with van der Waals surface area (Å²) in [7, 11) is 0. The van der Waals surface area contributed by atoms with Gasteiger partial charge in [-0.3, -0.25) is 9.78 Å². The van der Waals surface area contributed by atoms with Gasteiger partial charge >= 0.3 is 5.69 Å². The lowest BCUT2D eigenvalue weighted by molar-refractivity contribution is 0.120. The highest BCUT2D eigenvalue weighted by Crippen LogP contribution is 2.11. The maximum absolute atomic E-state index is 11.2. The number of anilines is 1. The van der Waals surface area contributed by atoms with E-state index in [0.29, 0.717) is 6.54 Å². The summed E-state index contributed by atoms with van der Waals surface area (Å²) >= 11 is 0. The summed E-state index contributed by atoms with van der Waals surface area (Å²) in [5.41, 5.74) is -1.13. The normalized spacial score (nSPS) is 20.4. The molecule has 0 radical (unpaired) electrons. The first-order valence-corrected chi connectivity index (χ1v) is 4.80. The zero-order chi connectivity index (χ0) is 10.7. The van der Waals surface area contributed by atoms with Crippen molar-refractivity contribution in [2.75, 3.05) is 18.5 Å². The van der Waals surface area contributed by atoms with Gasteiger partial charge in [0.25, 0.3) is 5.56 Å². The zero-order valence-electron chi connectivity index (χ0n) is 8.08. The number of hydrogen-bond acceptors (Lipinski definition) is 5. The lowest BCUT2D eigenvalue weighted by Crippen LogP contribution is -2.29. The molecule has 0 aromatic carbocycles. The summed E-state index contributed by atoms with van der Waals surface area (Å²) in [4.78, 5) is 24.0. The number of nitrogens with zero attached hydrogens (tertiary/aromatic N) is 1. The van der Waals surface area contributed by atoms with E-state index in [-0.39, 0.29) is 11.9 Å². The molecule has 1 aromatic rings. The summed E-state index contributed by atoms with van der Waals surface area (Å²) < 4.78 is 5.36. The molecule has 1 aromatic heterocycles. The van der Waals surface area contributed by atoms with Crippen LogP contribution in [0.2, 0.25) is 0 Å². The summed E-state index contributed by atoms with van der Waals surface area (Å²) in [5.74, 6) is 0.116. The Bertz CT molecular complexity index is 432. The average Bonchev–Trinajstić information content (AvgIpc) is 2.69. The molecule has 1 fully saturated rings. The minimum Gasteiger partial charge on any atom is -0.376 e. The number of aromatic nitrogens is 3. The predicted octanol–water partition coefficient (Wildman–Crippen LogP) is -0.951. The van der Waals surface area contributed by atoms with Crippen LogP contribution in [0.5, 0.6) is 0 Å². The molecule has 1 aliphatic heterocycles. The van der Waals surface area contributed by atoms with Crippen molar-refractivity contribution in [1.29, 1.82) is 0 Å². The van der Waals surface area contributed by atoms with Crippen LogP contribution < -0.4 is 16.6 Å². The monoisotopic (exact) mass is 212 g/mol. The third-order valence-electron chi connectivity index (χ3n) is 2.23. The molecule has 82 valence electrons. The van der Waals surface area contributed by atoms with Crippen LogP contribution in [0, 0.1) is 0 Å². The first kappa shape index (κ1) is 9.91. The fourth-order valence-electron chi connectivity index (χ4n) is 1.48. The number of ether oxygens (including phenoxy) is 1. The van der Waals surface area contributed by atoms with Gasteiger partial charge in [-0.2, -0.15) is 0 Å². The Labute approximate surface area is 84.9 Å². The van der Waals surface area contributed by atoms with Crippen LogP contribution in [0.25, 0.3) is 0 Å². The van der Waals surface area contributed by atoms with Gasteiger partial charge in [0.1, 0.15) is 0 Å². The quantitative estimate of drug-likeness (QED) is 0.599. The van der Waals surface area contributed by atoms with Crippen molar-refractivity contribution in [3.05, 3.63) is 20.8 Å². The Morgan fingerprint density at radius 2 is 2.40 bits per heavy atom. The van der Waals surface area contributed by atoms with E-state index in [0.717, 1.165) is 19.4 Å². The summed E-state index contributed by atoms with van der Waals surface area (Å²) in [5, 5.41) is 8.57. The predicted molar refractivity (Wildman–Crippen MR) is 52.9 cm³/mol. The first-order valence-electron chi connectivity index (χ1n) is 4.80. The molecular weight excluding hydrogens is 200 g/mol. The van der Waals surface area contributed by atoms with E-state index >= 15 is 0 Å². The Balaban J connectivity index is 1.98. The molecule has 15 heavy (non-hydrogen) atoms. The van der Waals surface area contributed by atoms with E-state index in [1.54, 1.807) is 0 Å². The highest BCUT2D eigenvalue weighted by atomic mass is 16.5. The molecule has 0 bridgehead atoms. The molecule has 1 saturated heterocycles. The second-order valence-electron chi connectivity index (χ2n) is 3.37. The number of nitrogens with one attached hydrogen (secondary N) is 3. The van der Waals surface area contributed by atoms with Gasteiger partial charge in [0.15, 0.2) is 0 Å². The Kier molecular flexibility index (Phi) is 2.82. The molecule has 7 nitrogen and oxygen atoms in total. The van der Waals surface area contributed by atoms with Gasteiger partial charge < -0.3 is 10.1 Å². The molecule has 2 rings (SSSR count). The Morgan fingerprint density at radius 1 is 1.53 bits per heavy atom. The van der Waals surface area contributed by atoms with Crippen molar-refractivity contribution in [2.24, 2.45) is 0 Å². The lowest BCUT2D eigenvalue weighted by Gasteiger charge is -2.09. The van der Waals surface area contributed by atoms with Crippen LogP contribution in [0.1, 0.15) is 12.8 Å². The van der Waals surface area contributed by atoms with E-state index in [1.165, 1.54) is 0 Å². The fourth-order valence-corrected chi connectivity index (χ4v) is 1.48. The Hall–Kier alpha value is -1.63. The molecule has 0 aliphatic carbocycles. The van der Waals surface area contributed by atoms with Crippen molar-refractivity contribution in [3.63, 3.8) is 0 Å². The topological polar surface area (TPSA) is 99.9 Å². The minimum absolute atomic E-state index is 0.116. The van der Waals surface area contributed by atoms with E-state index in [1.807, 2.05) is 0 Å². The zero-order valence-corrected chi connectivity index (χ0v) is 8.08. The molecule has 3 N–H and O–H groups in total. The minimum atomic E-state index is -0.609. The second-order valence-corrected chi connectivity index (χ2v) is 3.37. The maximum Gasteiger partial charge on any atom is 0.342 e. The molecule has 1 atom stereocenters. The SMILES string of the molecule is O=c1[nH]nc(NCC2CCCO2)c(=O)[nH]1. The summed E-state index contributed by atoms with van der Waals surface area (Å²) in [6, 6.07) is 0. The van der Waals surface area contributed by atoms with Gasteiger partial charge in [0.05, 0.1) is 6.10 Å². The number of aromatic amines is 2. The van der Waals surface area contributed by atoms with Crippen LogP contribution in [0.4, 0.5) is 5.82 Å². The van der Waals surface area contributed by atoms with E-state index in [4.69, 9.17) is 4.74 Å². The van der Waals surface area contributed by atoms with Gasteiger partial charge in [-0.1, -0.05) is 0 Å². The molecule has 1 aliphatic rings. The number of hydrogen-bond donors (Lipinski definition) is 3. The molecule has 0 amide bonds. The fraction of sp³-hybridized carbons (Fsp3) is 0.625. The van der Waals surface area contributed by atoms with Crippen LogP contribution >= 0.6 is 0 Å². The molecule has 2 heterocycles. The van der Waals surface area contributed by atoms with E-state index in [9.17, 15) is 9.59 Å². The third-order valence-corrected chi connectivity index (χ3v) is 2.23. The van der Waals surface area contributed by atoms with Gasteiger partial charge in [-0.05, 0) is 12.8 Å². The van der Waals surface area contributed by atoms with Crippen molar-refractivity contribution < 1.29 is 4.74 Å². The number of rotatable bonds is 3. The van der Waals surface area contributed by atoms with Crippen molar-refractivity contribution in [1.82, 2.24) is 15.2 Å². The van der Waals surface area contributed by atoms with Crippen molar-refractivity contribution in [2.45, 2.75) is 18.9 Å². The highest BCUT2D eigenvalue weighted by molar-refractivity contribution is 5.28. The van der Waals surface area contributed by atoms with Crippen LogP contribution in [0.3, 0.4) is 0 Å². The average molecular weight is 212 g/mol. The smallest absolute Gasteiger partial charge is 0.342 e. The molecule has 0 saturated carbocycles. The first-order chi connectivity index (χ1) is 7.25. The van der Waals surface area contributed by atoms with Gasteiger partial charge in [-0.15, -0.1) is 5.10 Å². The largest absolute Gasteiger partial charge is 0.376 e. The van der Waals surface area contributed by atoms with Crippen LogP contribution in [-0.4, -0.2) is 34.4 Å². The van der Waals surface area contributed by atoms with Crippen LogP contribution in [-0.2, 0) is 4.74 Å². The Morgan fingerprint density at radius 3 is 3.07 bits per heavy atom. The third kappa shape index (κ3) is 2.44. The lowest BCUT2D eigenvalue weighted by atomic mass is 10.2. The second kappa shape index (κ2) is 4.26. The van der Waals surface area contributed by atoms with E-state index < -0.39 is 11.2 Å². The summed E-state index contributed by atoms with van der Waals surface area (Å²) in [6.07, 6.45) is 2.15. The maximum atomic E-state index is 11.2. The number of H-pyrrole nitrogens is 2. The van der Waals surface area contributed by atoms with Crippen LogP contribution in [0.15, 0.2) is 9.59 Å². The van der Waals surface area contributed by atoms with Crippen molar-refractivity contribution in [3.8, 4) is 0 Å². The molecule has 1 unspecified atom stereocenters. The highest BCUT2D eigenvalue weighted by Gasteiger charge is 2.15. The van der Waals surface area contributed by atoms with Gasteiger partial charge in [0, 0.05) is 13.2 Å². The van der Waals surface area contributed by atoms with Crippen molar-refractivity contribution >= 4 is 5.82 Å². The molecule has 7 heteroatoms.